The number of carbonyl (C=O) groups excluding carboxylic acids is 1. The Labute approximate surface area is 76.9 Å². The lowest BCUT2D eigenvalue weighted by Crippen LogP contribution is -2.08. The van der Waals surface area contributed by atoms with Crippen LogP contribution in [0.25, 0.3) is 0 Å². The van der Waals surface area contributed by atoms with Crippen LogP contribution in [0.4, 0.5) is 0 Å². The van der Waals surface area contributed by atoms with Crippen LogP contribution in [0, 0.1) is 0 Å². The maximum atomic E-state index is 11.1. The molecule has 4 heteroatoms. The molecule has 0 spiro atoms. The summed E-state index contributed by atoms with van der Waals surface area (Å²) in [5.41, 5.74) is 0. The first-order chi connectivity index (χ1) is 6.33. The highest BCUT2D eigenvalue weighted by Gasteiger charge is 2.06. The molecule has 0 bridgehead atoms. The van der Waals surface area contributed by atoms with Gasteiger partial charge in [-0.05, 0) is 6.42 Å². The summed E-state index contributed by atoms with van der Waals surface area (Å²) in [7, 11) is 0. The molecule has 0 aliphatic carbocycles. The molecule has 0 N–H and O–H groups in total. The molecule has 0 atom stereocenters. The zero-order chi connectivity index (χ0) is 9.52. The number of unbranched alkanes of at least 4 members (excludes halogenated alkanes) is 1. The van der Waals surface area contributed by atoms with Gasteiger partial charge in [0.1, 0.15) is 12.2 Å². The first-order valence-corrected chi connectivity index (χ1v) is 4.38. The van der Waals surface area contributed by atoms with E-state index in [1.165, 1.54) is 6.20 Å². The van der Waals surface area contributed by atoms with Gasteiger partial charge in [-0.25, -0.2) is 0 Å². The molecule has 0 saturated heterocycles. The van der Waals surface area contributed by atoms with Crippen molar-refractivity contribution in [2.75, 3.05) is 6.61 Å². The van der Waals surface area contributed by atoms with E-state index in [-0.39, 0.29) is 12.4 Å². The fourth-order valence-corrected chi connectivity index (χ4v) is 0.857. The van der Waals surface area contributed by atoms with E-state index in [1.807, 2.05) is 6.92 Å². The minimum Gasteiger partial charge on any atom is -0.465 e. The second-order valence-electron chi connectivity index (χ2n) is 2.73. The number of rotatable bonds is 5. The van der Waals surface area contributed by atoms with Crippen molar-refractivity contribution < 1.29 is 14.1 Å². The first-order valence-electron chi connectivity index (χ1n) is 4.38. The fraction of sp³-hybridized carbons (Fsp3) is 0.556. The normalized spacial score (nSPS) is 9.92. The van der Waals surface area contributed by atoms with E-state index >= 15 is 0 Å². The van der Waals surface area contributed by atoms with Gasteiger partial charge in [0.2, 0.25) is 0 Å². The molecule has 1 heterocycles. The van der Waals surface area contributed by atoms with Gasteiger partial charge in [0.05, 0.1) is 12.8 Å². The Hall–Kier alpha value is -1.32. The molecule has 0 aromatic carbocycles. The molecule has 72 valence electrons. The molecule has 4 nitrogen and oxygen atoms in total. The summed E-state index contributed by atoms with van der Waals surface area (Å²) < 4.78 is 9.69. The van der Waals surface area contributed by atoms with Crippen LogP contribution in [0.5, 0.6) is 0 Å². The number of ether oxygens (including phenoxy) is 1. The van der Waals surface area contributed by atoms with Gasteiger partial charge in [-0.1, -0.05) is 18.5 Å². The predicted octanol–water partition coefficient (Wildman–Crippen LogP) is 1.56. The minimum absolute atomic E-state index is 0.170. The smallest absolute Gasteiger partial charge is 0.313 e. The van der Waals surface area contributed by atoms with Crippen LogP contribution in [0.1, 0.15) is 25.5 Å². The van der Waals surface area contributed by atoms with Crippen molar-refractivity contribution in [3.63, 3.8) is 0 Å². The summed E-state index contributed by atoms with van der Waals surface area (Å²) in [6, 6.07) is 1.65. The third-order valence-electron chi connectivity index (χ3n) is 1.57. The molecule has 13 heavy (non-hydrogen) atoms. The number of aromatic nitrogens is 1. The van der Waals surface area contributed by atoms with Crippen LogP contribution in [0.3, 0.4) is 0 Å². The van der Waals surface area contributed by atoms with Crippen molar-refractivity contribution in [3.8, 4) is 0 Å². The fourth-order valence-electron chi connectivity index (χ4n) is 0.857. The van der Waals surface area contributed by atoms with Crippen LogP contribution in [-0.4, -0.2) is 17.7 Å². The standard InChI is InChI=1S/C9H13NO3/c1-2-3-6-12-9(11)7-8-4-5-10-13-8/h4-5H,2-3,6-7H2,1H3. The molecule has 0 amide bonds. The van der Waals surface area contributed by atoms with Gasteiger partial charge in [-0.3, -0.25) is 4.79 Å². The number of hydrogen-bond donors (Lipinski definition) is 0. The first kappa shape index (κ1) is 9.77. The summed E-state index contributed by atoms with van der Waals surface area (Å²) in [5.74, 6) is 0.284. The Morgan fingerprint density at radius 1 is 1.69 bits per heavy atom. The molecular formula is C9H13NO3. The van der Waals surface area contributed by atoms with Crippen LogP contribution >= 0.6 is 0 Å². The van der Waals surface area contributed by atoms with Crippen molar-refractivity contribution >= 4 is 5.97 Å². The van der Waals surface area contributed by atoms with Crippen molar-refractivity contribution in [3.05, 3.63) is 18.0 Å². The van der Waals surface area contributed by atoms with Gasteiger partial charge >= 0.3 is 5.97 Å². The van der Waals surface area contributed by atoms with Crippen molar-refractivity contribution in [2.24, 2.45) is 0 Å². The third kappa shape index (κ3) is 3.73. The molecule has 0 fully saturated rings. The topological polar surface area (TPSA) is 52.3 Å². The summed E-state index contributed by atoms with van der Waals surface area (Å²) in [6.45, 7) is 2.54. The Balaban J connectivity index is 2.18. The van der Waals surface area contributed by atoms with E-state index in [0.717, 1.165) is 12.8 Å². The van der Waals surface area contributed by atoms with Gasteiger partial charge in [0.15, 0.2) is 0 Å². The monoisotopic (exact) mass is 183 g/mol. The van der Waals surface area contributed by atoms with E-state index in [1.54, 1.807) is 6.07 Å². The van der Waals surface area contributed by atoms with Gasteiger partial charge < -0.3 is 9.26 Å². The van der Waals surface area contributed by atoms with Crippen LogP contribution in [0.15, 0.2) is 16.8 Å². The quantitative estimate of drug-likeness (QED) is 0.513. The number of hydrogen-bond acceptors (Lipinski definition) is 4. The molecule has 0 saturated carbocycles. The van der Waals surface area contributed by atoms with Crippen LogP contribution in [-0.2, 0) is 16.0 Å². The summed E-state index contributed by atoms with van der Waals surface area (Å²) in [4.78, 5) is 11.1. The van der Waals surface area contributed by atoms with Gasteiger partial charge in [0, 0.05) is 6.07 Å². The predicted molar refractivity (Wildman–Crippen MR) is 46.1 cm³/mol. The van der Waals surface area contributed by atoms with E-state index < -0.39 is 0 Å². The highest BCUT2D eigenvalue weighted by atomic mass is 16.5. The van der Waals surface area contributed by atoms with Crippen LogP contribution < -0.4 is 0 Å². The van der Waals surface area contributed by atoms with Gasteiger partial charge in [-0.15, -0.1) is 0 Å². The highest BCUT2D eigenvalue weighted by molar-refractivity contribution is 5.71. The number of nitrogens with zero attached hydrogens (tertiary/aromatic N) is 1. The van der Waals surface area contributed by atoms with E-state index in [2.05, 4.69) is 5.16 Å². The van der Waals surface area contributed by atoms with Crippen molar-refractivity contribution in [2.45, 2.75) is 26.2 Å². The van der Waals surface area contributed by atoms with E-state index in [9.17, 15) is 4.79 Å². The lowest BCUT2D eigenvalue weighted by molar-refractivity contribution is -0.143. The summed E-state index contributed by atoms with van der Waals surface area (Å²) >= 11 is 0. The van der Waals surface area contributed by atoms with Gasteiger partial charge in [0.25, 0.3) is 0 Å². The average molecular weight is 183 g/mol. The van der Waals surface area contributed by atoms with Crippen LogP contribution in [0.2, 0.25) is 0 Å². The zero-order valence-electron chi connectivity index (χ0n) is 7.66. The Kier molecular flexibility index (Phi) is 4.02. The molecule has 1 aromatic rings. The molecule has 0 aliphatic heterocycles. The zero-order valence-corrected chi connectivity index (χ0v) is 7.66. The van der Waals surface area contributed by atoms with Crippen molar-refractivity contribution in [1.29, 1.82) is 0 Å². The molecule has 1 aromatic heterocycles. The van der Waals surface area contributed by atoms with E-state index in [0.29, 0.717) is 12.4 Å². The molecular weight excluding hydrogens is 170 g/mol. The molecule has 1 rings (SSSR count). The maximum Gasteiger partial charge on any atom is 0.313 e. The second kappa shape index (κ2) is 5.35. The summed E-state index contributed by atoms with van der Waals surface area (Å²) in [5, 5.41) is 3.49. The Morgan fingerprint density at radius 2 is 2.54 bits per heavy atom. The average Bonchev–Trinajstić information content (AvgIpc) is 2.57. The second-order valence-corrected chi connectivity index (χ2v) is 2.73. The van der Waals surface area contributed by atoms with Crippen molar-refractivity contribution in [1.82, 2.24) is 5.16 Å². The maximum absolute atomic E-state index is 11.1. The number of carbonyl (C=O) groups is 1. The molecule has 0 radical (unpaired) electrons. The molecule has 0 unspecified atom stereocenters. The number of esters is 1. The largest absolute Gasteiger partial charge is 0.465 e. The molecule has 0 aliphatic rings. The SMILES string of the molecule is CCCCOC(=O)Cc1ccno1. The minimum atomic E-state index is -0.259. The van der Waals surface area contributed by atoms with E-state index in [4.69, 9.17) is 9.26 Å². The van der Waals surface area contributed by atoms with Gasteiger partial charge in [-0.2, -0.15) is 0 Å². The summed E-state index contributed by atoms with van der Waals surface area (Å²) in [6.07, 6.45) is 3.61. The third-order valence-corrected chi connectivity index (χ3v) is 1.57. The Morgan fingerprint density at radius 3 is 3.15 bits per heavy atom. The Bertz CT molecular complexity index is 243. The lowest BCUT2D eigenvalue weighted by atomic mass is 10.3. The lowest BCUT2D eigenvalue weighted by Gasteiger charge is -2.00. The highest BCUT2D eigenvalue weighted by Crippen LogP contribution is 1.99.